The largest absolute Gasteiger partial charge is 0.492 e. The topological polar surface area (TPSA) is 88.6 Å². The summed E-state index contributed by atoms with van der Waals surface area (Å²) in [7, 11) is 0. The van der Waals surface area contributed by atoms with Crippen molar-refractivity contribution in [2.45, 2.75) is 6.92 Å². The Labute approximate surface area is 148 Å². The number of aryl methyl sites for hydroxylation is 1. The molecule has 7 heteroatoms. The third-order valence-electron chi connectivity index (χ3n) is 3.66. The van der Waals surface area contributed by atoms with Gasteiger partial charge in [0.15, 0.2) is 5.00 Å². The van der Waals surface area contributed by atoms with Crippen molar-refractivity contribution in [3.05, 3.63) is 69.8 Å². The van der Waals surface area contributed by atoms with Gasteiger partial charge in [-0.05, 0) is 36.8 Å². The number of aromatic nitrogens is 1. The Morgan fingerprint density at radius 3 is 2.56 bits per heavy atom. The van der Waals surface area contributed by atoms with Crippen LogP contribution in [0.5, 0.6) is 5.88 Å². The number of anilines is 2. The van der Waals surface area contributed by atoms with Crippen molar-refractivity contribution in [1.29, 1.82) is 0 Å². The van der Waals surface area contributed by atoms with Crippen LogP contribution in [0.3, 0.4) is 0 Å². The Bertz CT molecular complexity index is 963. The van der Waals surface area contributed by atoms with E-state index in [4.69, 9.17) is 5.73 Å². The van der Waals surface area contributed by atoms with Gasteiger partial charge in [-0.3, -0.25) is 9.59 Å². The molecule has 3 aromatic rings. The Balaban J connectivity index is 2.14. The number of aromatic hydroxyl groups is 1. The molecule has 1 amide bonds. The summed E-state index contributed by atoms with van der Waals surface area (Å²) in [6, 6.07) is 16.2. The van der Waals surface area contributed by atoms with Gasteiger partial charge in [0.05, 0.1) is 5.69 Å². The van der Waals surface area contributed by atoms with Gasteiger partial charge < -0.3 is 15.7 Å². The summed E-state index contributed by atoms with van der Waals surface area (Å²) in [5.74, 6) is -0.781. The van der Waals surface area contributed by atoms with Gasteiger partial charge in [-0.15, -0.1) is 0 Å². The van der Waals surface area contributed by atoms with Crippen LogP contribution in [0.25, 0.3) is 5.69 Å². The van der Waals surface area contributed by atoms with Crippen LogP contribution < -0.4 is 15.5 Å². The second-order valence-electron chi connectivity index (χ2n) is 5.56. The van der Waals surface area contributed by atoms with Gasteiger partial charge in [0.2, 0.25) is 11.8 Å². The lowest BCUT2D eigenvalue weighted by Crippen LogP contribution is -2.29. The first-order valence-electron chi connectivity index (χ1n) is 7.60. The van der Waals surface area contributed by atoms with Crippen LogP contribution >= 0.6 is 11.3 Å². The summed E-state index contributed by atoms with van der Waals surface area (Å²) in [6.45, 7) is 1.77. The third-order valence-corrected chi connectivity index (χ3v) is 4.61. The smallest absolute Gasteiger partial charge is 0.316 e. The number of amides is 1. The lowest BCUT2D eigenvalue weighted by molar-refractivity contribution is -0.116. The summed E-state index contributed by atoms with van der Waals surface area (Å²) in [4.78, 5) is 25.2. The fourth-order valence-corrected chi connectivity index (χ4v) is 3.48. The van der Waals surface area contributed by atoms with Gasteiger partial charge in [0.1, 0.15) is 6.54 Å². The number of thiazole rings is 1. The van der Waals surface area contributed by atoms with Crippen molar-refractivity contribution >= 4 is 27.9 Å². The highest BCUT2D eigenvalue weighted by Crippen LogP contribution is 2.37. The second-order valence-corrected chi connectivity index (χ2v) is 6.50. The number of primary amides is 1. The number of benzene rings is 2. The van der Waals surface area contributed by atoms with Gasteiger partial charge in [-0.2, -0.15) is 0 Å². The Kier molecular flexibility index (Phi) is 4.58. The monoisotopic (exact) mass is 355 g/mol. The molecule has 0 aliphatic carbocycles. The number of hydrogen-bond acceptors (Lipinski definition) is 5. The number of nitrogens with two attached hydrogens (primary N) is 1. The molecule has 0 spiro atoms. The first-order valence-corrected chi connectivity index (χ1v) is 8.42. The number of carbonyl (C=O) groups is 1. The molecule has 128 valence electrons. The van der Waals surface area contributed by atoms with E-state index in [0.29, 0.717) is 11.4 Å². The van der Waals surface area contributed by atoms with Crippen molar-refractivity contribution < 1.29 is 9.90 Å². The van der Waals surface area contributed by atoms with Crippen LogP contribution in [0.15, 0.2) is 59.4 Å². The summed E-state index contributed by atoms with van der Waals surface area (Å²) in [5.41, 5.74) is 7.59. The van der Waals surface area contributed by atoms with E-state index in [2.05, 4.69) is 0 Å². The van der Waals surface area contributed by atoms with Crippen molar-refractivity contribution in [2.75, 3.05) is 11.4 Å². The third kappa shape index (κ3) is 3.41. The fourth-order valence-electron chi connectivity index (χ4n) is 2.57. The van der Waals surface area contributed by atoms with Crippen LogP contribution in [0, 0.1) is 6.92 Å². The van der Waals surface area contributed by atoms with E-state index in [1.165, 1.54) is 4.57 Å². The van der Waals surface area contributed by atoms with E-state index in [0.717, 1.165) is 16.9 Å². The van der Waals surface area contributed by atoms with E-state index >= 15 is 0 Å². The first-order chi connectivity index (χ1) is 12.0. The van der Waals surface area contributed by atoms with Gasteiger partial charge in [0, 0.05) is 5.69 Å². The molecule has 1 heterocycles. The van der Waals surface area contributed by atoms with Crippen LogP contribution in [0.2, 0.25) is 0 Å². The molecule has 0 bridgehead atoms. The molecule has 2 aromatic carbocycles. The molecule has 0 fully saturated rings. The van der Waals surface area contributed by atoms with Gasteiger partial charge in [-0.25, -0.2) is 4.57 Å². The molecule has 0 aliphatic rings. The zero-order valence-corrected chi connectivity index (χ0v) is 14.4. The van der Waals surface area contributed by atoms with Crippen molar-refractivity contribution in [1.82, 2.24) is 4.57 Å². The lowest BCUT2D eigenvalue weighted by Gasteiger charge is -2.22. The minimum atomic E-state index is -0.562. The van der Waals surface area contributed by atoms with E-state index in [1.54, 1.807) is 35.2 Å². The van der Waals surface area contributed by atoms with E-state index in [9.17, 15) is 14.7 Å². The molecule has 25 heavy (non-hydrogen) atoms. The normalized spacial score (nSPS) is 10.6. The minimum absolute atomic E-state index is 0.147. The molecule has 0 unspecified atom stereocenters. The van der Waals surface area contributed by atoms with E-state index < -0.39 is 5.91 Å². The Morgan fingerprint density at radius 1 is 1.20 bits per heavy atom. The molecule has 0 atom stereocenters. The number of nitrogens with zero attached hydrogens (tertiary/aromatic N) is 2. The molecule has 0 saturated carbocycles. The molecule has 0 radical (unpaired) electrons. The van der Waals surface area contributed by atoms with Crippen molar-refractivity contribution in [3.8, 4) is 11.6 Å². The highest BCUT2D eigenvalue weighted by molar-refractivity contribution is 7.14. The standard InChI is InChI=1S/C18H17N3O3S/c1-12-6-5-9-14(10-12)20(11-15(19)22)17-16(23)21(18(24)25-17)13-7-3-2-4-8-13/h2-10,23H,11H2,1H3,(H2,19,22). The van der Waals surface area contributed by atoms with Crippen LogP contribution in [0.4, 0.5) is 10.7 Å². The second kappa shape index (κ2) is 6.82. The highest BCUT2D eigenvalue weighted by atomic mass is 32.1. The molecule has 3 N–H and O–H groups in total. The van der Waals surface area contributed by atoms with Crippen LogP contribution in [-0.2, 0) is 4.79 Å². The predicted molar refractivity (Wildman–Crippen MR) is 99.0 cm³/mol. The molecule has 6 nitrogen and oxygen atoms in total. The van der Waals surface area contributed by atoms with Crippen molar-refractivity contribution in [2.24, 2.45) is 5.73 Å². The first kappa shape index (κ1) is 16.8. The number of rotatable bonds is 5. The quantitative estimate of drug-likeness (QED) is 0.736. The van der Waals surface area contributed by atoms with E-state index in [-0.39, 0.29) is 22.3 Å². The number of carbonyl (C=O) groups excluding carboxylic acids is 1. The maximum absolute atomic E-state index is 12.4. The van der Waals surface area contributed by atoms with Crippen LogP contribution in [0.1, 0.15) is 5.56 Å². The lowest BCUT2D eigenvalue weighted by atomic mass is 10.2. The Hall–Kier alpha value is -3.06. The summed E-state index contributed by atoms with van der Waals surface area (Å²) in [5, 5.41) is 10.9. The molecule has 3 rings (SSSR count). The molecule has 1 aromatic heterocycles. The zero-order chi connectivity index (χ0) is 18.0. The SMILES string of the molecule is Cc1cccc(N(CC(N)=O)c2sc(=O)n(-c3ccccc3)c2O)c1. The molecule has 0 aliphatic heterocycles. The molecular formula is C18H17N3O3S. The summed E-state index contributed by atoms with van der Waals surface area (Å²) in [6.07, 6.45) is 0. The van der Waals surface area contributed by atoms with E-state index in [1.807, 2.05) is 31.2 Å². The average molecular weight is 355 g/mol. The summed E-state index contributed by atoms with van der Waals surface area (Å²) < 4.78 is 1.21. The number of hydrogen-bond donors (Lipinski definition) is 2. The Morgan fingerprint density at radius 2 is 1.92 bits per heavy atom. The predicted octanol–water partition coefficient (Wildman–Crippen LogP) is 2.54. The minimum Gasteiger partial charge on any atom is -0.492 e. The number of para-hydroxylation sites is 1. The van der Waals surface area contributed by atoms with Crippen molar-refractivity contribution in [3.63, 3.8) is 0 Å². The summed E-state index contributed by atoms with van der Waals surface area (Å²) >= 11 is 0.862. The maximum Gasteiger partial charge on any atom is 0.316 e. The molecular weight excluding hydrogens is 338 g/mol. The van der Waals surface area contributed by atoms with Gasteiger partial charge >= 0.3 is 4.87 Å². The van der Waals surface area contributed by atoms with Gasteiger partial charge in [-0.1, -0.05) is 41.7 Å². The molecule has 0 saturated heterocycles. The average Bonchev–Trinajstić information content (AvgIpc) is 2.87. The zero-order valence-electron chi connectivity index (χ0n) is 13.5. The van der Waals surface area contributed by atoms with Gasteiger partial charge in [0.25, 0.3) is 0 Å². The highest BCUT2D eigenvalue weighted by Gasteiger charge is 2.23. The van der Waals surface area contributed by atoms with Crippen LogP contribution in [-0.4, -0.2) is 22.1 Å². The fraction of sp³-hybridized carbons (Fsp3) is 0.111. The maximum atomic E-state index is 12.4.